The quantitative estimate of drug-likeness (QED) is 0.587. The maximum Gasteiger partial charge on any atom is 0.323 e. The Morgan fingerprint density at radius 2 is 2.17 bits per heavy atom. The SMILES string of the molecule is COC(=O)[C@@H]1NCC12CCCC2. The molecule has 12 heavy (non-hydrogen) atoms. The molecule has 0 radical (unpaired) electrons. The van der Waals surface area contributed by atoms with Crippen molar-refractivity contribution < 1.29 is 9.53 Å². The first-order valence-corrected chi connectivity index (χ1v) is 4.60. The average molecular weight is 169 g/mol. The highest BCUT2D eigenvalue weighted by Gasteiger charge is 2.52. The van der Waals surface area contributed by atoms with Gasteiger partial charge in [0, 0.05) is 12.0 Å². The second-order valence-electron chi connectivity index (χ2n) is 3.91. The first-order valence-electron chi connectivity index (χ1n) is 4.60. The van der Waals surface area contributed by atoms with Crippen LogP contribution in [0, 0.1) is 5.41 Å². The normalized spacial score (nSPS) is 31.6. The van der Waals surface area contributed by atoms with Crippen molar-refractivity contribution in [2.24, 2.45) is 5.41 Å². The molecule has 2 fully saturated rings. The molecule has 0 aromatic carbocycles. The summed E-state index contributed by atoms with van der Waals surface area (Å²) in [5.41, 5.74) is 0.271. The molecule has 1 aliphatic heterocycles. The van der Waals surface area contributed by atoms with Crippen LogP contribution in [0.2, 0.25) is 0 Å². The largest absolute Gasteiger partial charge is 0.468 e. The van der Waals surface area contributed by atoms with Gasteiger partial charge in [-0.05, 0) is 12.8 Å². The molecule has 1 N–H and O–H groups in total. The zero-order chi connectivity index (χ0) is 8.60. The summed E-state index contributed by atoms with van der Waals surface area (Å²) in [4.78, 5) is 11.3. The molecule has 0 aromatic heterocycles. The molecule has 2 rings (SSSR count). The topological polar surface area (TPSA) is 38.3 Å². The van der Waals surface area contributed by atoms with E-state index in [9.17, 15) is 4.79 Å². The number of nitrogens with one attached hydrogen (secondary N) is 1. The van der Waals surface area contributed by atoms with Crippen LogP contribution in [0.3, 0.4) is 0 Å². The second-order valence-corrected chi connectivity index (χ2v) is 3.91. The summed E-state index contributed by atoms with van der Waals surface area (Å²) in [6.07, 6.45) is 4.93. The van der Waals surface area contributed by atoms with Gasteiger partial charge in [-0.15, -0.1) is 0 Å². The van der Waals surface area contributed by atoms with Gasteiger partial charge in [0.15, 0.2) is 0 Å². The molecule has 3 heteroatoms. The van der Waals surface area contributed by atoms with Crippen LogP contribution in [0.15, 0.2) is 0 Å². The summed E-state index contributed by atoms with van der Waals surface area (Å²) in [5.74, 6) is -0.0804. The van der Waals surface area contributed by atoms with Crippen LogP contribution in [0.25, 0.3) is 0 Å². The van der Waals surface area contributed by atoms with Crippen molar-refractivity contribution in [2.45, 2.75) is 31.7 Å². The number of esters is 1. The van der Waals surface area contributed by atoms with Crippen LogP contribution >= 0.6 is 0 Å². The van der Waals surface area contributed by atoms with Crippen molar-refractivity contribution in [3.05, 3.63) is 0 Å². The lowest BCUT2D eigenvalue weighted by molar-refractivity contribution is -0.151. The van der Waals surface area contributed by atoms with Crippen molar-refractivity contribution in [2.75, 3.05) is 13.7 Å². The fourth-order valence-electron chi connectivity index (χ4n) is 2.49. The number of carbonyl (C=O) groups is 1. The van der Waals surface area contributed by atoms with Crippen molar-refractivity contribution in [1.82, 2.24) is 5.32 Å². The standard InChI is InChI=1S/C9H15NO2/c1-12-8(11)7-9(6-10-7)4-2-3-5-9/h7,10H,2-6H2,1H3/t7-/m0/s1. The molecule has 0 amide bonds. The summed E-state index contributed by atoms with van der Waals surface area (Å²) < 4.78 is 4.74. The van der Waals surface area contributed by atoms with Gasteiger partial charge >= 0.3 is 5.97 Å². The van der Waals surface area contributed by atoms with Crippen LogP contribution in [0.4, 0.5) is 0 Å². The minimum atomic E-state index is -0.0804. The van der Waals surface area contributed by atoms with E-state index < -0.39 is 0 Å². The van der Waals surface area contributed by atoms with Crippen molar-refractivity contribution in [1.29, 1.82) is 0 Å². The number of hydrogen-bond donors (Lipinski definition) is 1. The van der Waals surface area contributed by atoms with Gasteiger partial charge in [-0.1, -0.05) is 12.8 Å². The van der Waals surface area contributed by atoms with Gasteiger partial charge in [0.25, 0.3) is 0 Å². The van der Waals surface area contributed by atoms with E-state index in [4.69, 9.17) is 4.74 Å². The Balaban J connectivity index is 2.04. The van der Waals surface area contributed by atoms with Crippen LogP contribution in [-0.2, 0) is 9.53 Å². The minimum absolute atomic E-state index is 0.00926. The van der Waals surface area contributed by atoms with E-state index in [-0.39, 0.29) is 17.4 Å². The molecular formula is C9H15NO2. The average Bonchev–Trinajstić information content (AvgIpc) is 2.52. The van der Waals surface area contributed by atoms with Crippen LogP contribution in [0.1, 0.15) is 25.7 Å². The molecule has 1 saturated carbocycles. The summed E-state index contributed by atoms with van der Waals surface area (Å²) in [7, 11) is 1.46. The Bertz CT molecular complexity index is 197. The molecule has 1 saturated heterocycles. The zero-order valence-corrected chi connectivity index (χ0v) is 7.43. The van der Waals surface area contributed by atoms with E-state index in [0.29, 0.717) is 0 Å². The van der Waals surface area contributed by atoms with E-state index in [1.165, 1.54) is 32.8 Å². The fourth-order valence-corrected chi connectivity index (χ4v) is 2.49. The molecule has 2 aliphatic rings. The van der Waals surface area contributed by atoms with Crippen LogP contribution < -0.4 is 5.32 Å². The Labute approximate surface area is 72.5 Å². The van der Waals surface area contributed by atoms with Gasteiger partial charge in [-0.25, -0.2) is 0 Å². The third-order valence-corrected chi connectivity index (χ3v) is 3.31. The maximum absolute atomic E-state index is 11.3. The highest BCUT2D eigenvalue weighted by atomic mass is 16.5. The van der Waals surface area contributed by atoms with E-state index in [1.807, 2.05) is 0 Å². The van der Waals surface area contributed by atoms with E-state index in [2.05, 4.69) is 5.32 Å². The highest BCUT2D eigenvalue weighted by molar-refractivity contribution is 5.78. The van der Waals surface area contributed by atoms with Crippen molar-refractivity contribution in [3.8, 4) is 0 Å². The third kappa shape index (κ3) is 0.959. The molecule has 1 aliphatic carbocycles. The lowest BCUT2D eigenvalue weighted by atomic mass is 9.72. The van der Waals surface area contributed by atoms with E-state index in [1.54, 1.807) is 0 Å². The molecule has 0 unspecified atom stereocenters. The Kier molecular flexibility index (Phi) is 1.83. The predicted octanol–water partition coefficient (Wildman–Crippen LogP) is 0.692. The monoisotopic (exact) mass is 169 g/mol. The molecule has 68 valence electrons. The lowest BCUT2D eigenvalue weighted by Crippen LogP contribution is -2.65. The summed E-state index contributed by atoms with van der Waals surface area (Å²) in [6, 6.07) is -0.00926. The Morgan fingerprint density at radius 1 is 1.50 bits per heavy atom. The third-order valence-electron chi connectivity index (χ3n) is 3.31. The van der Waals surface area contributed by atoms with Gasteiger partial charge in [0.1, 0.15) is 6.04 Å². The molecular weight excluding hydrogens is 154 g/mol. The maximum atomic E-state index is 11.3. The molecule has 1 atom stereocenters. The van der Waals surface area contributed by atoms with Crippen molar-refractivity contribution in [3.63, 3.8) is 0 Å². The molecule has 0 aromatic rings. The number of rotatable bonds is 1. The van der Waals surface area contributed by atoms with Gasteiger partial charge < -0.3 is 10.1 Å². The number of carbonyl (C=O) groups excluding carboxylic acids is 1. The van der Waals surface area contributed by atoms with Gasteiger partial charge in [0.2, 0.25) is 0 Å². The number of methoxy groups -OCH3 is 1. The lowest BCUT2D eigenvalue weighted by Gasteiger charge is -2.46. The summed E-state index contributed by atoms with van der Waals surface area (Å²) in [6.45, 7) is 1.01. The molecule has 3 nitrogen and oxygen atoms in total. The number of ether oxygens (including phenoxy) is 1. The molecule has 1 heterocycles. The van der Waals surface area contributed by atoms with Crippen LogP contribution in [-0.4, -0.2) is 25.7 Å². The number of hydrogen-bond acceptors (Lipinski definition) is 3. The smallest absolute Gasteiger partial charge is 0.323 e. The molecule has 1 spiro atoms. The van der Waals surface area contributed by atoms with Crippen molar-refractivity contribution >= 4 is 5.97 Å². The van der Waals surface area contributed by atoms with Gasteiger partial charge in [-0.3, -0.25) is 4.79 Å². The zero-order valence-electron chi connectivity index (χ0n) is 7.43. The van der Waals surface area contributed by atoms with Gasteiger partial charge in [0.05, 0.1) is 7.11 Å². The van der Waals surface area contributed by atoms with Gasteiger partial charge in [-0.2, -0.15) is 0 Å². The minimum Gasteiger partial charge on any atom is -0.468 e. The molecule has 0 bridgehead atoms. The van der Waals surface area contributed by atoms with E-state index in [0.717, 1.165) is 6.54 Å². The summed E-state index contributed by atoms with van der Waals surface area (Å²) >= 11 is 0. The Morgan fingerprint density at radius 3 is 2.58 bits per heavy atom. The van der Waals surface area contributed by atoms with E-state index >= 15 is 0 Å². The van der Waals surface area contributed by atoms with Crippen LogP contribution in [0.5, 0.6) is 0 Å². The highest BCUT2D eigenvalue weighted by Crippen LogP contribution is 2.45. The second kappa shape index (κ2) is 2.73. The first kappa shape index (κ1) is 8.05. The summed E-state index contributed by atoms with van der Waals surface area (Å²) in [5, 5.41) is 3.15. The fraction of sp³-hybridized carbons (Fsp3) is 0.889. The predicted molar refractivity (Wildman–Crippen MR) is 44.7 cm³/mol. The first-order chi connectivity index (χ1) is 5.78. The Hall–Kier alpha value is -0.570.